The maximum absolute atomic E-state index is 12.1. The molecule has 29 heavy (non-hydrogen) atoms. The molecule has 0 bridgehead atoms. The highest BCUT2D eigenvalue weighted by molar-refractivity contribution is 14.0. The Morgan fingerprint density at radius 1 is 1.03 bits per heavy atom. The van der Waals surface area contributed by atoms with Crippen LogP contribution in [0.5, 0.6) is 0 Å². The molecule has 168 valence electrons. The molecule has 0 saturated heterocycles. The van der Waals surface area contributed by atoms with Crippen LogP contribution in [0.2, 0.25) is 0 Å². The van der Waals surface area contributed by atoms with Gasteiger partial charge in [-0.25, -0.2) is 0 Å². The Hall–Kier alpha value is -1.07. The minimum atomic E-state index is -4.29. The highest BCUT2D eigenvalue weighted by Crippen LogP contribution is 2.15. The summed E-state index contributed by atoms with van der Waals surface area (Å²) in [5.74, 6) is 0.737. The smallest absolute Gasteiger partial charge is 0.367 e. The number of alkyl halides is 3. The molecule has 1 aromatic carbocycles. The number of ether oxygens (including phenoxy) is 1. The van der Waals surface area contributed by atoms with Gasteiger partial charge in [-0.2, -0.15) is 13.2 Å². The van der Waals surface area contributed by atoms with E-state index in [1.807, 2.05) is 12.1 Å². The second-order valence-corrected chi connectivity index (χ2v) is 6.51. The van der Waals surface area contributed by atoms with Crippen LogP contribution in [0.15, 0.2) is 29.3 Å². The van der Waals surface area contributed by atoms with Crippen LogP contribution >= 0.6 is 24.0 Å². The zero-order chi connectivity index (χ0) is 20.8. The maximum atomic E-state index is 12.1. The van der Waals surface area contributed by atoms with E-state index in [1.54, 1.807) is 19.2 Å². The van der Waals surface area contributed by atoms with E-state index in [2.05, 4.69) is 39.1 Å². The van der Waals surface area contributed by atoms with Crippen molar-refractivity contribution in [2.75, 3.05) is 39.8 Å². The van der Waals surface area contributed by atoms with Gasteiger partial charge in [0, 0.05) is 20.1 Å². The summed E-state index contributed by atoms with van der Waals surface area (Å²) in [4.78, 5) is 6.61. The van der Waals surface area contributed by atoms with Crippen LogP contribution in [0.3, 0.4) is 0 Å². The molecule has 0 atom stereocenters. The van der Waals surface area contributed by atoms with E-state index in [9.17, 15) is 13.2 Å². The van der Waals surface area contributed by atoms with Gasteiger partial charge in [0.05, 0.1) is 6.61 Å². The lowest BCUT2D eigenvalue weighted by atomic mass is 10.1. The third-order valence-electron chi connectivity index (χ3n) is 4.33. The summed E-state index contributed by atoms with van der Waals surface area (Å²) >= 11 is 0. The third-order valence-corrected chi connectivity index (χ3v) is 4.33. The molecule has 1 rings (SSSR count). The first-order valence-corrected chi connectivity index (χ1v) is 9.77. The Balaban J connectivity index is 0.00000784. The Bertz CT molecular complexity index is 564. The van der Waals surface area contributed by atoms with Gasteiger partial charge in [-0.3, -0.25) is 4.99 Å². The topological polar surface area (TPSA) is 48.9 Å². The molecule has 0 amide bonds. The first-order chi connectivity index (χ1) is 13.4. The van der Waals surface area contributed by atoms with Crippen molar-refractivity contribution in [1.82, 2.24) is 15.5 Å². The molecule has 0 fully saturated rings. The highest BCUT2D eigenvalue weighted by Gasteiger charge is 2.27. The second-order valence-electron chi connectivity index (χ2n) is 6.51. The predicted molar refractivity (Wildman–Crippen MR) is 123 cm³/mol. The van der Waals surface area contributed by atoms with E-state index >= 15 is 0 Å². The normalized spacial score (nSPS) is 12.0. The Kier molecular flexibility index (Phi) is 15.1. The number of hydrogen-bond acceptors (Lipinski definition) is 3. The van der Waals surface area contributed by atoms with Gasteiger partial charge in [-0.1, -0.05) is 38.1 Å². The lowest BCUT2D eigenvalue weighted by Gasteiger charge is -2.18. The van der Waals surface area contributed by atoms with Gasteiger partial charge in [-0.15, -0.1) is 24.0 Å². The van der Waals surface area contributed by atoms with Crippen LogP contribution in [0.1, 0.15) is 37.8 Å². The summed E-state index contributed by atoms with van der Waals surface area (Å²) in [5.41, 5.74) is 1.73. The number of nitrogens with one attached hydrogen (secondary N) is 2. The number of benzene rings is 1. The van der Waals surface area contributed by atoms with Gasteiger partial charge in [0.25, 0.3) is 0 Å². The quantitative estimate of drug-likeness (QED) is 0.184. The number of hydrogen-bond donors (Lipinski definition) is 2. The molecular weight excluding hydrogens is 496 g/mol. The Labute approximate surface area is 189 Å². The van der Waals surface area contributed by atoms with Gasteiger partial charge in [0.2, 0.25) is 0 Å². The molecule has 0 aliphatic rings. The summed E-state index contributed by atoms with van der Waals surface area (Å²) in [5, 5.41) is 6.54. The fourth-order valence-corrected chi connectivity index (χ4v) is 2.65. The highest BCUT2D eigenvalue weighted by atomic mass is 127. The van der Waals surface area contributed by atoms with Gasteiger partial charge in [0.1, 0.15) is 6.61 Å². The monoisotopic (exact) mass is 530 g/mol. The van der Waals surface area contributed by atoms with Crippen LogP contribution < -0.4 is 10.6 Å². The predicted octanol–water partition coefficient (Wildman–Crippen LogP) is 4.17. The summed E-state index contributed by atoms with van der Waals surface area (Å²) in [6.07, 6.45) is -2.08. The molecule has 1 aromatic rings. The summed E-state index contributed by atoms with van der Waals surface area (Å²) < 4.78 is 40.9. The minimum Gasteiger partial charge on any atom is -0.367 e. The third kappa shape index (κ3) is 13.7. The molecule has 0 spiro atoms. The van der Waals surface area contributed by atoms with Crippen LogP contribution in [0.4, 0.5) is 13.2 Å². The number of rotatable bonds is 12. The number of guanidine groups is 1. The largest absolute Gasteiger partial charge is 0.411 e. The second kappa shape index (κ2) is 15.7. The average Bonchev–Trinajstić information content (AvgIpc) is 2.67. The van der Waals surface area contributed by atoms with Crippen LogP contribution in [0, 0.1) is 0 Å². The van der Waals surface area contributed by atoms with Crippen molar-refractivity contribution in [3.05, 3.63) is 35.4 Å². The van der Waals surface area contributed by atoms with Gasteiger partial charge >= 0.3 is 6.18 Å². The lowest BCUT2D eigenvalue weighted by Crippen LogP contribution is -2.37. The fourth-order valence-electron chi connectivity index (χ4n) is 2.65. The van der Waals surface area contributed by atoms with Crippen molar-refractivity contribution >= 4 is 29.9 Å². The van der Waals surface area contributed by atoms with Crippen molar-refractivity contribution in [2.24, 2.45) is 4.99 Å². The van der Waals surface area contributed by atoms with E-state index in [4.69, 9.17) is 0 Å². The zero-order valence-corrected chi connectivity index (χ0v) is 19.8. The first kappa shape index (κ1) is 27.9. The molecule has 0 aliphatic heterocycles. The summed E-state index contributed by atoms with van der Waals surface area (Å²) in [6.45, 7) is 7.79. The van der Waals surface area contributed by atoms with Crippen molar-refractivity contribution in [2.45, 2.75) is 46.0 Å². The van der Waals surface area contributed by atoms with Crippen molar-refractivity contribution < 1.29 is 17.9 Å². The van der Waals surface area contributed by atoms with E-state index in [0.717, 1.165) is 50.5 Å². The Morgan fingerprint density at radius 3 is 2.21 bits per heavy atom. The molecule has 0 aliphatic carbocycles. The van der Waals surface area contributed by atoms with Gasteiger partial charge in [-0.05, 0) is 43.6 Å². The number of aliphatic imine (C=N–C) groups is 1. The molecule has 0 unspecified atom stereocenters. The summed E-state index contributed by atoms with van der Waals surface area (Å²) in [6, 6.07) is 7.29. The van der Waals surface area contributed by atoms with Crippen molar-refractivity contribution in [3.63, 3.8) is 0 Å². The first-order valence-electron chi connectivity index (χ1n) is 9.77. The SMILES string of the molecule is CCN(CC)CCCCNC(=NC)NCc1ccc(COCC(F)(F)F)cc1.I. The molecule has 9 heteroatoms. The number of nitrogens with zero attached hydrogens (tertiary/aromatic N) is 2. The van der Waals surface area contributed by atoms with Gasteiger partial charge in [0.15, 0.2) is 5.96 Å². The Morgan fingerprint density at radius 2 is 1.66 bits per heavy atom. The standard InChI is InChI=1S/C20H33F3N4O.HI/c1-4-27(5-2)13-7-6-12-25-19(24-3)26-14-17-8-10-18(11-9-17)15-28-16-20(21,22)23;/h8-11H,4-7,12-16H2,1-3H3,(H2,24,25,26);1H. The molecule has 0 radical (unpaired) electrons. The van der Waals surface area contributed by atoms with E-state index < -0.39 is 12.8 Å². The lowest BCUT2D eigenvalue weighted by molar-refractivity contribution is -0.176. The van der Waals surface area contributed by atoms with Crippen molar-refractivity contribution in [1.29, 1.82) is 0 Å². The molecule has 0 saturated carbocycles. The number of unbranched alkanes of at least 4 members (excludes halogenated alkanes) is 1. The molecule has 5 nitrogen and oxygen atoms in total. The van der Waals surface area contributed by atoms with Crippen LogP contribution in [-0.2, 0) is 17.9 Å². The molecule has 0 heterocycles. The molecule has 2 N–H and O–H groups in total. The number of halogens is 4. The van der Waals surface area contributed by atoms with E-state index in [1.165, 1.54) is 0 Å². The van der Waals surface area contributed by atoms with Gasteiger partial charge < -0.3 is 20.3 Å². The van der Waals surface area contributed by atoms with Crippen LogP contribution in [-0.4, -0.2) is 56.9 Å². The minimum absolute atomic E-state index is 0. The maximum Gasteiger partial charge on any atom is 0.411 e. The van der Waals surface area contributed by atoms with Crippen molar-refractivity contribution in [3.8, 4) is 0 Å². The van der Waals surface area contributed by atoms with E-state index in [0.29, 0.717) is 12.1 Å². The van der Waals surface area contributed by atoms with Crippen LogP contribution in [0.25, 0.3) is 0 Å². The van der Waals surface area contributed by atoms with E-state index in [-0.39, 0.29) is 30.6 Å². The zero-order valence-electron chi connectivity index (χ0n) is 17.5. The average molecular weight is 530 g/mol. The summed E-state index contributed by atoms with van der Waals surface area (Å²) in [7, 11) is 1.73. The molecule has 0 aromatic heterocycles. The fraction of sp³-hybridized carbons (Fsp3) is 0.650. The molecular formula is C20H34F3IN4O.